The van der Waals surface area contributed by atoms with Gasteiger partial charge in [0.2, 0.25) is 0 Å². The second-order valence-electron chi connectivity index (χ2n) is 5.06. The molecule has 1 aromatic rings. The van der Waals surface area contributed by atoms with E-state index in [1.807, 2.05) is 19.1 Å². The third-order valence-corrected chi connectivity index (χ3v) is 4.62. The number of aliphatic carboxylic acids is 1. The van der Waals surface area contributed by atoms with Crippen LogP contribution in [0.25, 0.3) is 0 Å². The number of rotatable bonds is 6. The molecule has 0 spiro atoms. The molecule has 1 aliphatic rings. The molecule has 120 valence electrons. The largest absolute Gasteiger partial charge is 0.481 e. The number of amides is 1. The summed E-state index contributed by atoms with van der Waals surface area (Å²) >= 11 is 6.20. The Morgan fingerprint density at radius 1 is 1.30 bits per heavy atom. The lowest BCUT2D eigenvalue weighted by Crippen LogP contribution is -2.29. The van der Waals surface area contributed by atoms with Gasteiger partial charge < -0.3 is 5.11 Å². The molecule has 0 atom stereocenters. The first-order valence-corrected chi connectivity index (χ1v) is 8.19. The molecule has 1 fully saturated rings. The zero-order valence-corrected chi connectivity index (χ0v) is 14.1. The van der Waals surface area contributed by atoms with Crippen molar-refractivity contribution in [2.45, 2.75) is 19.8 Å². The lowest BCUT2D eigenvalue weighted by Gasteiger charge is -2.13. The van der Waals surface area contributed by atoms with Crippen LogP contribution in [0.2, 0.25) is 0 Å². The molecule has 1 amide bonds. The summed E-state index contributed by atoms with van der Waals surface area (Å²) in [5.41, 5.74) is 1.55. The van der Waals surface area contributed by atoms with Crippen molar-refractivity contribution in [1.82, 2.24) is 4.90 Å². The highest BCUT2D eigenvalue weighted by atomic mass is 32.2. The van der Waals surface area contributed by atoms with Crippen molar-refractivity contribution in [3.63, 3.8) is 0 Å². The van der Waals surface area contributed by atoms with Gasteiger partial charge in [-0.25, -0.2) is 0 Å². The Labute approximate surface area is 143 Å². The van der Waals surface area contributed by atoms with Crippen molar-refractivity contribution in [1.29, 1.82) is 0 Å². The van der Waals surface area contributed by atoms with Crippen LogP contribution < -0.4 is 0 Å². The molecule has 0 saturated carbocycles. The summed E-state index contributed by atoms with van der Waals surface area (Å²) in [7, 11) is 0. The van der Waals surface area contributed by atoms with Gasteiger partial charge in [-0.05, 0) is 13.3 Å². The lowest BCUT2D eigenvalue weighted by atomic mass is 10.1. The molecule has 7 heteroatoms. The number of thiocarbonyl (C=S) groups is 1. The second-order valence-corrected chi connectivity index (χ2v) is 6.74. The number of thioether (sulfide) groups is 1. The van der Waals surface area contributed by atoms with Crippen LogP contribution in [0, 0.1) is 6.92 Å². The summed E-state index contributed by atoms with van der Waals surface area (Å²) in [4.78, 5) is 36.6. The van der Waals surface area contributed by atoms with E-state index in [4.69, 9.17) is 17.3 Å². The molecule has 0 aromatic heterocycles. The van der Waals surface area contributed by atoms with E-state index in [0.717, 1.165) is 17.3 Å². The molecule has 1 aromatic carbocycles. The zero-order chi connectivity index (χ0) is 17.0. The molecule has 0 unspecified atom stereocenters. The van der Waals surface area contributed by atoms with Gasteiger partial charge in [-0.3, -0.25) is 19.3 Å². The Hall–Kier alpha value is -1.99. The van der Waals surface area contributed by atoms with Crippen LogP contribution in [0.1, 0.15) is 28.8 Å². The first-order valence-electron chi connectivity index (χ1n) is 6.96. The average molecular weight is 349 g/mol. The van der Waals surface area contributed by atoms with Crippen LogP contribution in [0.3, 0.4) is 0 Å². The molecule has 0 radical (unpaired) electrons. The number of aryl methyl sites for hydroxylation is 1. The predicted molar refractivity (Wildman–Crippen MR) is 92.4 cm³/mol. The van der Waals surface area contributed by atoms with E-state index >= 15 is 0 Å². The smallest absolute Gasteiger partial charge is 0.303 e. The van der Waals surface area contributed by atoms with E-state index in [1.165, 1.54) is 11.0 Å². The van der Waals surface area contributed by atoms with Crippen molar-refractivity contribution < 1.29 is 19.5 Å². The molecular formula is C16H15NO4S2. The standard InChI is InChI=1S/C16H15NO4S2/c1-10-4-6-11(7-5-10)12(18)9-13-15(21)17(16(22)23-13)8-2-3-14(19)20/h4-7,9H,2-3,8H2,1H3,(H,19,20). The number of allylic oxidation sites excluding steroid dienone is 1. The lowest BCUT2D eigenvalue weighted by molar-refractivity contribution is -0.137. The van der Waals surface area contributed by atoms with Gasteiger partial charge in [-0.15, -0.1) is 0 Å². The normalized spacial score (nSPS) is 16.2. The van der Waals surface area contributed by atoms with Gasteiger partial charge in [-0.2, -0.15) is 0 Å². The molecular weight excluding hydrogens is 334 g/mol. The third-order valence-electron chi connectivity index (χ3n) is 3.24. The van der Waals surface area contributed by atoms with Crippen LogP contribution in [-0.4, -0.2) is 38.5 Å². The number of ketones is 1. The van der Waals surface area contributed by atoms with E-state index in [2.05, 4.69) is 0 Å². The van der Waals surface area contributed by atoms with Crippen LogP contribution >= 0.6 is 24.0 Å². The van der Waals surface area contributed by atoms with Gasteiger partial charge in [0.25, 0.3) is 5.91 Å². The average Bonchev–Trinajstić information content (AvgIpc) is 2.75. The minimum atomic E-state index is -0.916. The number of carbonyl (C=O) groups excluding carboxylic acids is 2. The quantitative estimate of drug-likeness (QED) is 0.484. The Bertz CT molecular complexity index is 695. The number of carboxylic acid groups (broad SMARTS) is 1. The van der Waals surface area contributed by atoms with Crippen molar-refractivity contribution in [2.24, 2.45) is 0 Å². The Kier molecular flexibility index (Phi) is 5.68. The van der Waals surface area contributed by atoms with Crippen molar-refractivity contribution >= 4 is 46.0 Å². The number of nitrogens with zero attached hydrogens (tertiary/aromatic N) is 1. The highest BCUT2D eigenvalue weighted by Crippen LogP contribution is 2.31. The van der Waals surface area contributed by atoms with Gasteiger partial charge in [0.15, 0.2) is 5.78 Å². The van der Waals surface area contributed by atoms with Crippen LogP contribution in [0.15, 0.2) is 35.2 Å². The summed E-state index contributed by atoms with van der Waals surface area (Å²) in [6.45, 7) is 2.17. The monoisotopic (exact) mass is 349 g/mol. The number of hydrogen-bond donors (Lipinski definition) is 1. The van der Waals surface area contributed by atoms with Crippen LogP contribution in [0.5, 0.6) is 0 Å². The fourth-order valence-electron chi connectivity index (χ4n) is 2.00. The van der Waals surface area contributed by atoms with E-state index in [0.29, 0.717) is 16.3 Å². The Morgan fingerprint density at radius 3 is 2.57 bits per heavy atom. The van der Waals surface area contributed by atoms with Gasteiger partial charge in [-0.1, -0.05) is 53.8 Å². The second kappa shape index (κ2) is 7.52. The van der Waals surface area contributed by atoms with Gasteiger partial charge >= 0.3 is 5.97 Å². The molecule has 5 nitrogen and oxygen atoms in total. The Morgan fingerprint density at radius 2 is 1.96 bits per heavy atom. The minimum Gasteiger partial charge on any atom is -0.481 e. The summed E-state index contributed by atoms with van der Waals surface area (Å²) < 4.78 is 0.350. The van der Waals surface area contributed by atoms with E-state index < -0.39 is 5.97 Å². The topological polar surface area (TPSA) is 74.7 Å². The first kappa shape index (κ1) is 17.4. The molecule has 1 aliphatic heterocycles. The van der Waals surface area contributed by atoms with Crippen molar-refractivity contribution in [2.75, 3.05) is 6.54 Å². The van der Waals surface area contributed by atoms with E-state index in [1.54, 1.807) is 12.1 Å². The molecule has 1 saturated heterocycles. The number of benzene rings is 1. The van der Waals surface area contributed by atoms with Crippen LogP contribution in [-0.2, 0) is 9.59 Å². The maximum atomic E-state index is 12.3. The highest BCUT2D eigenvalue weighted by Gasteiger charge is 2.32. The summed E-state index contributed by atoms with van der Waals surface area (Å²) in [6.07, 6.45) is 1.58. The predicted octanol–water partition coefficient (Wildman–Crippen LogP) is 2.79. The zero-order valence-electron chi connectivity index (χ0n) is 12.4. The number of carboxylic acids is 1. The van der Waals surface area contributed by atoms with Crippen LogP contribution in [0.4, 0.5) is 0 Å². The molecule has 23 heavy (non-hydrogen) atoms. The highest BCUT2D eigenvalue weighted by molar-refractivity contribution is 8.26. The maximum Gasteiger partial charge on any atom is 0.303 e. The van der Waals surface area contributed by atoms with Gasteiger partial charge in [0.1, 0.15) is 4.32 Å². The maximum absolute atomic E-state index is 12.3. The number of carbonyl (C=O) groups is 3. The molecule has 0 aliphatic carbocycles. The first-order chi connectivity index (χ1) is 10.9. The Balaban J connectivity index is 2.07. The van der Waals surface area contributed by atoms with Gasteiger partial charge in [0, 0.05) is 24.6 Å². The summed E-state index contributed by atoms with van der Waals surface area (Å²) in [5, 5.41) is 8.64. The fraction of sp³-hybridized carbons (Fsp3) is 0.250. The molecule has 1 heterocycles. The summed E-state index contributed by atoms with van der Waals surface area (Å²) in [5.74, 6) is -1.51. The third kappa shape index (κ3) is 4.49. The molecule has 1 N–H and O–H groups in total. The summed E-state index contributed by atoms with van der Waals surface area (Å²) in [6, 6.07) is 7.08. The van der Waals surface area contributed by atoms with E-state index in [9.17, 15) is 14.4 Å². The van der Waals surface area contributed by atoms with Crippen molar-refractivity contribution in [3.8, 4) is 0 Å². The fourth-order valence-corrected chi connectivity index (χ4v) is 3.28. The van der Waals surface area contributed by atoms with Gasteiger partial charge in [0.05, 0.1) is 4.91 Å². The SMILES string of the molecule is Cc1ccc(C(=O)C=C2SC(=S)N(CCCC(=O)O)C2=O)cc1. The molecule has 0 bridgehead atoms. The minimum absolute atomic E-state index is 0.0294. The molecule has 2 rings (SSSR count). The van der Waals surface area contributed by atoms with Crippen molar-refractivity contribution in [3.05, 3.63) is 46.4 Å². The number of hydrogen-bond acceptors (Lipinski definition) is 5. The van der Waals surface area contributed by atoms with E-state index in [-0.39, 0.29) is 29.6 Å².